The number of rotatable bonds is 4. The van der Waals surface area contributed by atoms with Crippen LogP contribution in [0.4, 0.5) is 17.1 Å². The van der Waals surface area contributed by atoms with Crippen molar-refractivity contribution in [2.24, 2.45) is 0 Å². The van der Waals surface area contributed by atoms with E-state index in [0.717, 1.165) is 50.1 Å². The largest absolute Gasteiger partial charge is 0.455 e. The highest BCUT2D eigenvalue weighted by Crippen LogP contribution is 2.47. The van der Waals surface area contributed by atoms with Crippen molar-refractivity contribution in [2.45, 2.75) is 0 Å². The number of fused-ring (bicyclic) bond motifs is 9. The Kier molecular flexibility index (Phi) is 5.91. The van der Waals surface area contributed by atoms with Gasteiger partial charge in [0.25, 0.3) is 0 Å². The Bertz CT molecular complexity index is 2730. The van der Waals surface area contributed by atoms with Gasteiger partial charge in [0.1, 0.15) is 11.2 Å². The van der Waals surface area contributed by atoms with E-state index in [-0.39, 0.29) is 0 Å². The van der Waals surface area contributed by atoms with Gasteiger partial charge in [-0.15, -0.1) is 0 Å². The van der Waals surface area contributed by atoms with Crippen LogP contribution in [0, 0.1) is 0 Å². The molecule has 0 aliphatic carbocycles. The second-order valence-corrected chi connectivity index (χ2v) is 12.5. The SMILES string of the molecule is c1ccc(-c2ccc(N(c3ccc4ccc5ccccc5c4c3)c3ccc4ccc5ccccc5c4c3)c3c2oc2ccccc23)cc1. The van der Waals surface area contributed by atoms with Crippen molar-refractivity contribution in [3.05, 3.63) is 176 Å². The molecule has 224 valence electrons. The molecule has 10 aromatic rings. The van der Waals surface area contributed by atoms with Gasteiger partial charge in [0.05, 0.1) is 11.1 Å². The zero-order valence-electron chi connectivity index (χ0n) is 26.1. The summed E-state index contributed by atoms with van der Waals surface area (Å²) in [5, 5.41) is 12.1. The quantitative estimate of drug-likeness (QED) is 0.184. The summed E-state index contributed by atoms with van der Waals surface area (Å²) >= 11 is 0. The third kappa shape index (κ3) is 4.13. The smallest absolute Gasteiger partial charge is 0.145 e. The Labute approximate surface area is 277 Å². The molecule has 2 nitrogen and oxygen atoms in total. The molecular weight excluding hydrogens is 583 g/mol. The molecule has 0 aliphatic rings. The van der Waals surface area contributed by atoms with Crippen molar-refractivity contribution < 1.29 is 4.42 Å². The fraction of sp³-hybridized carbons (Fsp3) is 0. The molecule has 0 fully saturated rings. The van der Waals surface area contributed by atoms with Crippen molar-refractivity contribution in [1.82, 2.24) is 0 Å². The van der Waals surface area contributed by atoms with Gasteiger partial charge >= 0.3 is 0 Å². The molecular formula is C46H29NO. The van der Waals surface area contributed by atoms with E-state index in [9.17, 15) is 0 Å². The van der Waals surface area contributed by atoms with Gasteiger partial charge < -0.3 is 9.32 Å². The maximum Gasteiger partial charge on any atom is 0.145 e. The maximum atomic E-state index is 6.73. The number of benzene rings is 9. The highest BCUT2D eigenvalue weighted by atomic mass is 16.3. The van der Waals surface area contributed by atoms with Crippen molar-refractivity contribution in [3.8, 4) is 11.1 Å². The minimum Gasteiger partial charge on any atom is -0.455 e. The molecule has 9 aromatic carbocycles. The average Bonchev–Trinajstić information content (AvgIpc) is 3.55. The van der Waals surface area contributed by atoms with E-state index in [2.05, 4.69) is 175 Å². The minimum atomic E-state index is 0.881. The highest BCUT2D eigenvalue weighted by molar-refractivity contribution is 6.18. The van der Waals surface area contributed by atoms with Gasteiger partial charge in [-0.3, -0.25) is 0 Å². The van der Waals surface area contributed by atoms with Crippen LogP contribution >= 0.6 is 0 Å². The lowest BCUT2D eigenvalue weighted by Gasteiger charge is -2.27. The number of hydrogen-bond acceptors (Lipinski definition) is 2. The summed E-state index contributed by atoms with van der Waals surface area (Å²) in [4.78, 5) is 2.42. The number of furan rings is 1. The van der Waals surface area contributed by atoms with Crippen LogP contribution in [0.5, 0.6) is 0 Å². The average molecular weight is 612 g/mol. The summed E-state index contributed by atoms with van der Waals surface area (Å²) in [5.74, 6) is 0. The zero-order valence-corrected chi connectivity index (χ0v) is 26.1. The van der Waals surface area contributed by atoms with Crippen LogP contribution in [0.25, 0.3) is 76.2 Å². The lowest BCUT2D eigenvalue weighted by atomic mass is 9.98. The van der Waals surface area contributed by atoms with Gasteiger partial charge in [-0.05, 0) is 91.1 Å². The molecule has 10 rings (SSSR count). The molecule has 1 heterocycles. The standard InChI is InChI=1S/C46H29NO/c1-2-10-30(11-3-1)39-26-27-43(45-40-16-8-9-17-44(40)48-46(39)45)47(35-24-22-33-20-18-31-12-4-6-14-37(31)41(33)28-35)36-25-23-34-21-19-32-13-5-7-15-38(32)42(34)29-36/h1-29H. The monoisotopic (exact) mass is 611 g/mol. The zero-order chi connectivity index (χ0) is 31.6. The first-order valence-corrected chi connectivity index (χ1v) is 16.4. The van der Waals surface area contributed by atoms with Crippen LogP contribution in [0.2, 0.25) is 0 Å². The summed E-state index contributed by atoms with van der Waals surface area (Å²) in [7, 11) is 0. The predicted octanol–water partition coefficient (Wildman–Crippen LogP) is 13.3. The lowest BCUT2D eigenvalue weighted by Crippen LogP contribution is -2.10. The molecule has 0 saturated heterocycles. The summed E-state index contributed by atoms with van der Waals surface area (Å²) in [6.45, 7) is 0. The van der Waals surface area contributed by atoms with Crippen molar-refractivity contribution in [1.29, 1.82) is 0 Å². The first kappa shape index (κ1) is 26.8. The van der Waals surface area contributed by atoms with Crippen molar-refractivity contribution in [2.75, 3.05) is 4.90 Å². The number of anilines is 3. The Balaban J connectivity index is 1.31. The molecule has 2 heteroatoms. The molecule has 1 aromatic heterocycles. The van der Waals surface area contributed by atoms with Gasteiger partial charge in [0, 0.05) is 22.3 Å². The topological polar surface area (TPSA) is 16.4 Å². The van der Waals surface area contributed by atoms with E-state index in [1.54, 1.807) is 0 Å². The normalized spacial score (nSPS) is 11.8. The predicted molar refractivity (Wildman–Crippen MR) is 204 cm³/mol. The number of hydrogen-bond donors (Lipinski definition) is 0. The van der Waals surface area contributed by atoms with Crippen LogP contribution in [0.3, 0.4) is 0 Å². The van der Waals surface area contributed by atoms with Gasteiger partial charge in [-0.25, -0.2) is 0 Å². The van der Waals surface area contributed by atoms with E-state index < -0.39 is 0 Å². The Morgan fingerprint density at radius 2 is 0.875 bits per heavy atom. The minimum absolute atomic E-state index is 0.881. The third-order valence-electron chi connectivity index (χ3n) is 9.81. The van der Waals surface area contributed by atoms with E-state index in [4.69, 9.17) is 4.42 Å². The molecule has 0 amide bonds. The van der Waals surface area contributed by atoms with Crippen LogP contribution < -0.4 is 4.90 Å². The van der Waals surface area contributed by atoms with E-state index in [1.807, 2.05) is 6.07 Å². The van der Waals surface area contributed by atoms with E-state index in [0.29, 0.717) is 0 Å². The summed E-state index contributed by atoms with van der Waals surface area (Å²) in [5.41, 5.74) is 7.26. The molecule has 0 aliphatic heterocycles. The molecule has 0 spiro atoms. The Morgan fingerprint density at radius 1 is 0.375 bits per heavy atom. The van der Waals surface area contributed by atoms with Crippen LogP contribution in [0.15, 0.2) is 180 Å². The van der Waals surface area contributed by atoms with Gasteiger partial charge in [0.15, 0.2) is 0 Å². The van der Waals surface area contributed by atoms with Crippen molar-refractivity contribution >= 4 is 82.1 Å². The molecule has 0 radical (unpaired) electrons. The molecule has 0 unspecified atom stereocenters. The molecule has 0 N–H and O–H groups in total. The first-order valence-electron chi connectivity index (χ1n) is 16.4. The summed E-state index contributed by atoms with van der Waals surface area (Å²) in [6, 6.07) is 63.3. The Hall–Kier alpha value is -6.38. The van der Waals surface area contributed by atoms with E-state index >= 15 is 0 Å². The second kappa shape index (κ2) is 10.6. The lowest BCUT2D eigenvalue weighted by molar-refractivity contribution is 0.670. The third-order valence-corrected chi connectivity index (χ3v) is 9.81. The molecule has 48 heavy (non-hydrogen) atoms. The number of nitrogens with zero attached hydrogens (tertiary/aromatic N) is 1. The fourth-order valence-electron chi connectivity index (χ4n) is 7.53. The van der Waals surface area contributed by atoms with E-state index in [1.165, 1.54) is 43.1 Å². The fourth-order valence-corrected chi connectivity index (χ4v) is 7.53. The number of para-hydroxylation sites is 1. The van der Waals surface area contributed by atoms with Crippen LogP contribution in [0.1, 0.15) is 0 Å². The molecule has 0 bridgehead atoms. The highest BCUT2D eigenvalue weighted by Gasteiger charge is 2.23. The molecule has 0 atom stereocenters. The maximum absolute atomic E-state index is 6.73. The van der Waals surface area contributed by atoms with Gasteiger partial charge in [-0.1, -0.05) is 133 Å². The van der Waals surface area contributed by atoms with Crippen LogP contribution in [-0.4, -0.2) is 0 Å². The molecule has 0 saturated carbocycles. The summed E-state index contributed by atoms with van der Waals surface area (Å²) < 4.78 is 6.73. The van der Waals surface area contributed by atoms with Crippen molar-refractivity contribution in [3.63, 3.8) is 0 Å². The summed E-state index contributed by atoms with van der Waals surface area (Å²) in [6.07, 6.45) is 0. The van der Waals surface area contributed by atoms with Crippen LogP contribution in [-0.2, 0) is 0 Å². The first-order chi connectivity index (χ1) is 23.8. The van der Waals surface area contributed by atoms with Gasteiger partial charge in [-0.2, -0.15) is 0 Å². The Morgan fingerprint density at radius 3 is 1.50 bits per heavy atom. The van der Waals surface area contributed by atoms with Gasteiger partial charge in [0.2, 0.25) is 0 Å². The second-order valence-electron chi connectivity index (χ2n) is 12.5.